The van der Waals surface area contributed by atoms with Crippen LogP contribution < -0.4 is 10.9 Å². The maximum Gasteiger partial charge on any atom is 0.263 e. The zero-order valence-electron chi connectivity index (χ0n) is 17.3. The Kier molecular flexibility index (Phi) is 5.04. The molecule has 0 spiro atoms. The number of benzene rings is 1. The van der Waals surface area contributed by atoms with Gasteiger partial charge < -0.3 is 10.1 Å². The first-order valence-corrected chi connectivity index (χ1v) is 10.8. The summed E-state index contributed by atoms with van der Waals surface area (Å²) in [6.07, 6.45) is 6.33. The van der Waals surface area contributed by atoms with Crippen LogP contribution in [-0.4, -0.2) is 62.5 Å². The lowest BCUT2D eigenvalue weighted by Crippen LogP contribution is -2.59. The van der Waals surface area contributed by atoms with Crippen LogP contribution in [0.1, 0.15) is 32.6 Å². The first-order valence-electron chi connectivity index (χ1n) is 10.8. The highest BCUT2D eigenvalue weighted by molar-refractivity contribution is 5.76. The van der Waals surface area contributed by atoms with Crippen molar-refractivity contribution in [3.63, 3.8) is 0 Å². The zero-order chi connectivity index (χ0) is 20.6. The molecule has 2 N–H and O–H groups in total. The first kappa shape index (κ1) is 19.3. The van der Waals surface area contributed by atoms with Crippen molar-refractivity contribution in [2.45, 2.75) is 44.2 Å². The number of hydrogen-bond acceptors (Lipinski definition) is 6. The number of aromatic nitrogens is 4. The van der Waals surface area contributed by atoms with Crippen LogP contribution in [0, 0.1) is 0 Å². The molecule has 8 heteroatoms. The van der Waals surface area contributed by atoms with Gasteiger partial charge in [0, 0.05) is 24.7 Å². The lowest BCUT2D eigenvalue weighted by Gasteiger charge is -2.47. The summed E-state index contributed by atoms with van der Waals surface area (Å²) < 4.78 is 7.30. The Bertz CT molecular complexity index is 1060. The Morgan fingerprint density at radius 1 is 1.17 bits per heavy atom. The van der Waals surface area contributed by atoms with Crippen molar-refractivity contribution in [3.8, 4) is 5.69 Å². The van der Waals surface area contributed by atoms with Gasteiger partial charge in [-0.05, 0) is 31.9 Å². The maximum absolute atomic E-state index is 12.7. The van der Waals surface area contributed by atoms with Gasteiger partial charge in [-0.15, -0.1) is 0 Å². The van der Waals surface area contributed by atoms with Gasteiger partial charge in [-0.1, -0.05) is 31.0 Å². The Morgan fingerprint density at radius 3 is 2.63 bits per heavy atom. The van der Waals surface area contributed by atoms with Crippen LogP contribution in [0.25, 0.3) is 16.7 Å². The van der Waals surface area contributed by atoms with Gasteiger partial charge in [-0.3, -0.25) is 14.7 Å². The van der Waals surface area contributed by atoms with Crippen LogP contribution in [0.4, 0.5) is 5.95 Å². The molecule has 0 amide bonds. The molecule has 0 radical (unpaired) electrons. The van der Waals surface area contributed by atoms with Crippen LogP contribution in [0.15, 0.2) is 41.3 Å². The zero-order valence-corrected chi connectivity index (χ0v) is 17.3. The topological polar surface area (TPSA) is 88.1 Å². The molecule has 1 aliphatic carbocycles. The van der Waals surface area contributed by atoms with Gasteiger partial charge in [0.25, 0.3) is 5.56 Å². The molecule has 1 aliphatic heterocycles. The Labute approximate surface area is 175 Å². The van der Waals surface area contributed by atoms with E-state index >= 15 is 0 Å². The van der Waals surface area contributed by atoms with Crippen molar-refractivity contribution in [2.75, 3.05) is 31.6 Å². The second-order valence-electron chi connectivity index (χ2n) is 8.32. The van der Waals surface area contributed by atoms with Gasteiger partial charge in [-0.25, -0.2) is 4.68 Å². The molecule has 1 saturated carbocycles. The van der Waals surface area contributed by atoms with Crippen molar-refractivity contribution in [2.24, 2.45) is 0 Å². The largest absolute Gasteiger partial charge is 0.379 e. The number of nitrogens with one attached hydrogen (secondary N) is 2. The Balaban J connectivity index is 1.48. The molecule has 5 rings (SSSR count). The van der Waals surface area contributed by atoms with Crippen LogP contribution in [0.3, 0.4) is 0 Å². The molecule has 30 heavy (non-hydrogen) atoms. The summed E-state index contributed by atoms with van der Waals surface area (Å²) >= 11 is 0. The maximum atomic E-state index is 12.7. The minimum Gasteiger partial charge on any atom is -0.379 e. The Morgan fingerprint density at radius 2 is 1.90 bits per heavy atom. The predicted molar refractivity (Wildman–Crippen MR) is 116 cm³/mol. The standard InChI is InChI=1S/C22H28N6O2/c1-16(22(9-5-6-10-22)27-11-13-30-14-12-27)24-21-25-19-18(20(29)26-21)15-23-28(19)17-7-3-2-4-8-17/h2-4,7-8,15-16H,5-6,9-14H2,1H3,(H2,24,25,26,29)/t16-/m1/s1. The molecule has 8 nitrogen and oxygen atoms in total. The van der Waals surface area contributed by atoms with E-state index < -0.39 is 0 Å². The summed E-state index contributed by atoms with van der Waals surface area (Å²) in [4.78, 5) is 23.0. The molecule has 2 fully saturated rings. The highest BCUT2D eigenvalue weighted by atomic mass is 16.5. The molecule has 3 heterocycles. The summed E-state index contributed by atoms with van der Waals surface area (Å²) in [5.41, 5.74) is 1.33. The molecule has 2 aromatic heterocycles. The molecular formula is C22H28N6O2. The third-order valence-electron chi connectivity index (χ3n) is 6.71. The number of aromatic amines is 1. The van der Waals surface area contributed by atoms with Crippen molar-refractivity contribution >= 4 is 17.0 Å². The fraction of sp³-hybridized carbons (Fsp3) is 0.500. The van der Waals surface area contributed by atoms with E-state index in [0.717, 1.165) is 44.8 Å². The lowest BCUT2D eigenvalue weighted by atomic mass is 9.86. The third kappa shape index (κ3) is 3.30. The molecule has 158 valence electrons. The number of fused-ring (bicyclic) bond motifs is 1. The molecule has 1 saturated heterocycles. The van der Waals surface area contributed by atoms with E-state index in [1.807, 2.05) is 30.3 Å². The molecule has 0 bridgehead atoms. The van der Waals surface area contributed by atoms with Crippen molar-refractivity contribution in [1.29, 1.82) is 0 Å². The number of hydrogen-bond donors (Lipinski definition) is 2. The van der Waals surface area contributed by atoms with E-state index in [4.69, 9.17) is 9.72 Å². The summed E-state index contributed by atoms with van der Waals surface area (Å²) in [7, 11) is 0. The van der Waals surface area contributed by atoms with E-state index in [9.17, 15) is 4.79 Å². The summed E-state index contributed by atoms with van der Waals surface area (Å²) in [5.74, 6) is 0.497. The second-order valence-corrected chi connectivity index (χ2v) is 8.32. The number of para-hydroxylation sites is 1. The number of anilines is 1. The van der Waals surface area contributed by atoms with E-state index in [1.165, 1.54) is 12.8 Å². The second kappa shape index (κ2) is 7.85. The van der Waals surface area contributed by atoms with E-state index in [1.54, 1.807) is 10.9 Å². The minimum absolute atomic E-state index is 0.0664. The molecular weight excluding hydrogens is 380 g/mol. The van der Waals surface area contributed by atoms with E-state index in [2.05, 4.69) is 27.2 Å². The van der Waals surface area contributed by atoms with E-state index in [0.29, 0.717) is 17.0 Å². The minimum atomic E-state index is -0.177. The Hall–Kier alpha value is -2.71. The van der Waals surface area contributed by atoms with Crippen molar-refractivity contribution < 1.29 is 4.74 Å². The van der Waals surface area contributed by atoms with Gasteiger partial charge in [0.05, 0.1) is 25.1 Å². The number of morpholine rings is 1. The number of H-pyrrole nitrogens is 1. The normalized spacial score (nSPS) is 20.4. The number of rotatable bonds is 5. The molecule has 1 aromatic carbocycles. The average molecular weight is 409 g/mol. The highest BCUT2D eigenvalue weighted by Crippen LogP contribution is 2.39. The first-order chi connectivity index (χ1) is 14.7. The van der Waals surface area contributed by atoms with Crippen LogP contribution in [0.5, 0.6) is 0 Å². The van der Waals surface area contributed by atoms with Gasteiger partial charge in [-0.2, -0.15) is 10.1 Å². The fourth-order valence-corrected chi connectivity index (χ4v) is 5.10. The van der Waals surface area contributed by atoms with Crippen molar-refractivity contribution in [3.05, 3.63) is 46.9 Å². The SMILES string of the molecule is C[C@@H](Nc1nc2c(cnn2-c2ccccc2)c(=O)[nH]1)C1(N2CCOCC2)CCCC1. The average Bonchev–Trinajstić information content (AvgIpc) is 3.44. The molecule has 3 aromatic rings. The summed E-state index contributed by atoms with van der Waals surface area (Å²) in [5, 5.41) is 8.42. The number of nitrogens with zero attached hydrogens (tertiary/aromatic N) is 4. The third-order valence-corrected chi connectivity index (χ3v) is 6.71. The van der Waals surface area contributed by atoms with Gasteiger partial charge in [0.15, 0.2) is 5.65 Å². The highest BCUT2D eigenvalue weighted by Gasteiger charge is 2.44. The predicted octanol–water partition coefficient (Wildman–Crippen LogP) is 2.55. The lowest BCUT2D eigenvalue weighted by molar-refractivity contribution is -0.0261. The smallest absolute Gasteiger partial charge is 0.263 e. The van der Waals surface area contributed by atoms with Gasteiger partial charge in [0.1, 0.15) is 5.39 Å². The van der Waals surface area contributed by atoms with Crippen LogP contribution in [0.2, 0.25) is 0 Å². The molecule has 0 unspecified atom stereocenters. The monoisotopic (exact) mass is 408 g/mol. The summed E-state index contributed by atoms with van der Waals surface area (Å²) in [6, 6.07) is 9.91. The van der Waals surface area contributed by atoms with Gasteiger partial charge >= 0.3 is 0 Å². The van der Waals surface area contributed by atoms with Crippen molar-refractivity contribution in [1.82, 2.24) is 24.6 Å². The molecule has 1 atom stereocenters. The number of ether oxygens (including phenoxy) is 1. The fourth-order valence-electron chi connectivity index (χ4n) is 5.10. The van der Waals surface area contributed by atoms with Crippen LogP contribution in [-0.2, 0) is 4.74 Å². The quantitative estimate of drug-likeness (QED) is 0.675. The van der Waals surface area contributed by atoms with E-state index in [-0.39, 0.29) is 17.1 Å². The van der Waals surface area contributed by atoms with Gasteiger partial charge in [0.2, 0.25) is 5.95 Å². The van der Waals surface area contributed by atoms with Crippen LogP contribution >= 0.6 is 0 Å². The summed E-state index contributed by atoms with van der Waals surface area (Å²) in [6.45, 7) is 5.68. The molecule has 2 aliphatic rings.